The molecule has 0 unspecified atom stereocenters. The number of H-pyrrole nitrogens is 1. The average molecular weight is 296 g/mol. The number of aromatic amines is 1. The van der Waals surface area contributed by atoms with E-state index in [2.05, 4.69) is 15.3 Å². The third-order valence-electron chi connectivity index (χ3n) is 3.46. The Bertz CT molecular complexity index is 457. The molecule has 1 amide bonds. The van der Waals surface area contributed by atoms with E-state index in [-0.39, 0.29) is 17.7 Å². The molecule has 0 fully saturated rings. The molecule has 0 saturated heterocycles. The molecular weight excluding hydrogens is 272 g/mol. The number of amides is 1. The first-order valence-corrected chi connectivity index (χ1v) is 7.03. The Morgan fingerprint density at radius 2 is 2.19 bits per heavy atom. The van der Waals surface area contributed by atoms with Crippen molar-refractivity contribution in [2.24, 2.45) is 11.1 Å². The number of nitrogens with two attached hydrogens (primary N) is 1. The van der Waals surface area contributed by atoms with Crippen molar-refractivity contribution in [3.63, 3.8) is 0 Å². The van der Waals surface area contributed by atoms with Crippen molar-refractivity contribution in [2.75, 3.05) is 6.54 Å². The minimum absolute atomic E-state index is 0.0197. The fourth-order valence-corrected chi connectivity index (χ4v) is 2.05. The Kier molecular flexibility index (Phi) is 6.36. The predicted molar refractivity (Wildman–Crippen MR) is 78.5 cm³/mol. The van der Waals surface area contributed by atoms with Crippen LogP contribution in [0.4, 0.5) is 0 Å². The Balaban J connectivity index is 2.48. The summed E-state index contributed by atoms with van der Waals surface area (Å²) >= 11 is 0. The van der Waals surface area contributed by atoms with Gasteiger partial charge >= 0.3 is 5.97 Å². The Labute approximate surface area is 124 Å². The smallest absolute Gasteiger partial charge is 0.326 e. The zero-order valence-corrected chi connectivity index (χ0v) is 12.6. The van der Waals surface area contributed by atoms with Gasteiger partial charge < -0.3 is 21.1 Å². The van der Waals surface area contributed by atoms with Crippen LogP contribution in [0.25, 0.3) is 0 Å². The first-order chi connectivity index (χ1) is 9.84. The van der Waals surface area contributed by atoms with Crippen molar-refractivity contribution in [3.8, 4) is 0 Å². The zero-order valence-electron chi connectivity index (χ0n) is 12.6. The summed E-state index contributed by atoms with van der Waals surface area (Å²) in [5.74, 6) is -1.31. The molecule has 0 aliphatic carbocycles. The van der Waals surface area contributed by atoms with Crippen LogP contribution in [0.15, 0.2) is 12.5 Å². The van der Waals surface area contributed by atoms with Crippen LogP contribution in [0.5, 0.6) is 0 Å². The van der Waals surface area contributed by atoms with Gasteiger partial charge in [-0.3, -0.25) is 4.79 Å². The van der Waals surface area contributed by atoms with Crippen LogP contribution in [-0.2, 0) is 16.0 Å². The van der Waals surface area contributed by atoms with Gasteiger partial charge in [0.1, 0.15) is 6.04 Å². The van der Waals surface area contributed by atoms with Gasteiger partial charge in [0.2, 0.25) is 5.91 Å². The molecule has 5 N–H and O–H groups in total. The lowest BCUT2D eigenvalue weighted by Gasteiger charge is -2.23. The van der Waals surface area contributed by atoms with E-state index in [4.69, 9.17) is 10.8 Å². The topological polar surface area (TPSA) is 121 Å². The third-order valence-corrected chi connectivity index (χ3v) is 3.46. The number of aliphatic carboxylic acids is 1. The van der Waals surface area contributed by atoms with Crippen molar-refractivity contribution < 1.29 is 14.7 Å². The van der Waals surface area contributed by atoms with Gasteiger partial charge in [-0.15, -0.1) is 0 Å². The molecule has 0 radical (unpaired) electrons. The van der Waals surface area contributed by atoms with Gasteiger partial charge in [0, 0.05) is 24.7 Å². The predicted octanol–water partition coefficient (Wildman–Crippen LogP) is 0.677. The minimum Gasteiger partial charge on any atom is -0.480 e. The van der Waals surface area contributed by atoms with E-state index in [1.807, 2.05) is 13.8 Å². The van der Waals surface area contributed by atoms with E-state index in [0.717, 1.165) is 6.42 Å². The van der Waals surface area contributed by atoms with Gasteiger partial charge in [0.05, 0.1) is 6.33 Å². The number of hydrogen-bond donors (Lipinski definition) is 4. The molecule has 118 valence electrons. The highest BCUT2D eigenvalue weighted by Crippen LogP contribution is 2.25. The summed E-state index contributed by atoms with van der Waals surface area (Å²) in [5, 5.41) is 11.7. The molecule has 1 heterocycles. The normalized spacial score (nSPS) is 12.9. The van der Waals surface area contributed by atoms with Crippen LogP contribution in [0.1, 0.15) is 38.8 Å². The van der Waals surface area contributed by atoms with Crippen molar-refractivity contribution in [1.29, 1.82) is 0 Å². The van der Waals surface area contributed by atoms with Crippen molar-refractivity contribution in [1.82, 2.24) is 15.3 Å². The van der Waals surface area contributed by atoms with Crippen LogP contribution in [0, 0.1) is 5.41 Å². The number of hydrogen-bond acceptors (Lipinski definition) is 4. The maximum atomic E-state index is 11.9. The van der Waals surface area contributed by atoms with Gasteiger partial charge in [-0.05, 0) is 24.8 Å². The molecule has 0 bridgehead atoms. The monoisotopic (exact) mass is 296 g/mol. The summed E-state index contributed by atoms with van der Waals surface area (Å²) in [5.41, 5.74) is 6.18. The van der Waals surface area contributed by atoms with Crippen LogP contribution in [-0.4, -0.2) is 39.5 Å². The Morgan fingerprint density at radius 3 is 2.71 bits per heavy atom. The standard InChI is InChI=1S/C14H24N4O3/c1-14(2,5-6-15)4-3-12(19)18-11(13(20)21)7-10-8-16-9-17-10/h8-9,11H,3-7,15H2,1-2H3,(H,16,17)(H,18,19)(H,20,21)/t11-/m1/s1. The summed E-state index contributed by atoms with van der Waals surface area (Å²) in [6, 6.07) is -0.949. The molecule has 1 atom stereocenters. The molecule has 0 aromatic carbocycles. The number of carbonyl (C=O) groups is 2. The van der Waals surface area contributed by atoms with Crippen LogP contribution in [0.3, 0.4) is 0 Å². The maximum absolute atomic E-state index is 11.9. The van der Waals surface area contributed by atoms with Gasteiger partial charge in [-0.2, -0.15) is 0 Å². The molecular formula is C14H24N4O3. The van der Waals surface area contributed by atoms with Gasteiger partial charge in [0.25, 0.3) is 0 Å². The molecule has 1 rings (SSSR count). The largest absolute Gasteiger partial charge is 0.480 e. The van der Waals surface area contributed by atoms with Gasteiger partial charge in [-0.25, -0.2) is 9.78 Å². The highest BCUT2D eigenvalue weighted by molar-refractivity contribution is 5.83. The number of imidazole rings is 1. The zero-order chi connectivity index (χ0) is 15.9. The quantitative estimate of drug-likeness (QED) is 0.534. The number of carboxylic acid groups (broad SMARTS) is 1. The minimum atomic E-state index is -1.06. The lowest BCUT2D eigenvalue weighted by Crippen LogP contribution is -2.42. The lowest BCUT2D eigenvalue weighted by atomic mass is 9.84. The van der Waals surface area contributed by atoms with Crippen LogP contribution in [0.2, 0.25) is 0 Å². The van der Waals surface area contributed by atoms with E-state index in [1.54, 1.807) is 6.20 Å². The van der Waals surface area contributed by atoms with Crippen molar-refractivity contribution >= 4 is 11.9 Å². The highest BCUT2D eigenvalue weighted by Gasteiger charge is 2.23. The average Bonchev–Trinajstić information content (AvgIpc) is 2.88. The SMILES string of the molecule is CC(C)(CCN)CCC(=O)N[C@H](Cc1cnc[nH]1)C(=O)O. The molecule has 7 nitrogen and oxygen atoms in total. The Hall–Kier alpha value is -1.89. The molecule has 1 aromatic rings. The highest BCUT2D eigenvalue weighted by atomic mass is 16.4. The number of rotatable bonds is 9. The molecule has 0 saturated carbocycles. The second-order valence-electron chi connectivity index (χ2n) is 5.94. The number of aromatic nitrogens is 2. The van der Waals surface area contributed by atoms with Crippen LogP contribution >= 0.6 is 0 Å². The number of carboxylic acids is 1. The first-order valence-electron chi connectivity index (χ1n) is 7.03. The third kappa shape index (κ3) is 6.40. The summed E-state index contributed by atoms with van der Waals surface area (Å²) in [6.45, 7) is 4.67. The number of carbonyl (C=O) groups excluding carboxylic acids is 1. The van der Waals surface area contributed by atoms with E-state index in [1.165, 1.54) is 6.33 Å². The van der Waals surface area contributed by atoms with Gasteiger partial charge in [0.15, 0.2) is 0 Å². The van der Waals surface area contributed by atoms with E-state index >= 15 is 0 Å². The fourth-order valence-electron chi connectivity index (χ4n) is 2.05. The summed E-state index contributed by atoms with van der Waals surface area (Å²) in [7, 11) is 0. The lowest BCUT2D eigenvalue weighted by molar-refractivity contribution is -0.141. The second kappa shape index (κ2) is 7.78. The molecule has 21 heavy (non-hydrogen) atoms. The molecule has 7 heteroatoms. The van der Waals surface area contributed by atoms with Crippen molar-refractivity contribution in [3.05, 3.63) is 18.2 Å². The summed E-state index contributed by atoms with van der Waals surface area (Å²) < 4.78 is 0. The summed E-state index contributed by atoms with van der Waals surface area (Å²) in [6.07, 6.45) is 5.01. The van der Waals surface area contributed by atoms with Crippen LogP contribution < -0.4 is 11.1 Å². The maximum Gasteiger partial charge on any atom is 0.326 e. The van der Waals surface area contributed by atoms with Gasteiger partial charge in [-0.1, -0.05) is 13.8 Å². The van der Waals surface area contributed by atoms with E-state index < -0.39 is 12.0 Å². The molecule has 0 aliphatic heterocycles. The first kappa shape index (κ1) is 17.2. The summed E-state index contributed by atoms with van der Waals surface area (Å²) in [4.78, 5) is 29.8. The Morgan fingerprint density at radius 1 is 1.48 bits per heavy atom. The van der Waals surface area contributed by atoms with Crippen molar-refractivity contribution in [2.45, 2.75) is 45.6 Å². The second-order valence-corrected chi connectivity index (χ2v) is 5.94. The van der Waals surface area contributed by atoms with E-state index in [9.17, 15) is 9.59 Å². The van der Waals surface area contributed by atoms with E-state index in [0.29, 0.717) is 25.1 Å². The number of nitrogens with zero attached hydrogens (tertiary/aromatic N) is 1. The fraction of sp³-hybridized carbons (Fsp3) is 0.643. The molecule has 1 aromatic heterocycles. The number of nitrogens with one attached hydrogen (secondary N) is 2. The molecule has 0 spiro atoms. The molecule has 0 aliphatic rings.